The highest BCUT2D eigenvalue weighted by molar-refractivity contribution is 9.10. The van der Waals surface area contributed by atoms with E-state index in [4.69, 9.17) is 5.26 Å². The Bertz CT molecular complexity index is 393. The Hall–Kier alpha value is -1.01. The summed E-state index contributed by atoms with van der Waals surface area (Å²) in [5, 5.41) is 12.3. The van der Waals surface area contributed by atoms with Crippen molar-refractivity contribution in [1.29, 1.82) is 5.26 Å². The monoisotopic (exact) mass is 280 g/mol. The van der Waals surface area contributed by atoms with Crippen molar-refractivity contribution in [3.05, 3.63) is 28.2 Å². The molecule has 1 N–H and O–H groups in total. The van der Waals surface area contributed by atoms with E-state index in [2.05, 4.69) is 41.2 Å². The molecule has 0 heterocycles. The van der Waals surface area contributed by atoms with Crippen LogP contribution in [0, 0.1) is 24.2 Å². The van der Waals surface area contributed by atoms with Crippen molar-refractivity contribution in [2.45, 2.75) is 33.2 Å². The van der Waals surface area contributed by atoms with E-state index in [0.29, 0.717) is 5.92 Å². The SMILES string of the molecule is Cc1cc(Br)ccc1NC(C#N)CC(C)C. The summed E-state index contributed by atoms with van der Waals surface area (Å²) >= 11 is 3.43. The number of nitrogens with zero attached hydrogens (tertiary/aromatic N) is 1. The molecule has 1 aromatic rings. The number of aryl methyl sites for hydroxylation is 1. The maximum atomic E-state index is 9.06. The third-order valence-corrected chi connectivity index (χ3v) is 2.87. The third kappa shape index (κ3) is 3.86. The van der Waals surface area contributed by atoms with E-state index >= 15 is 0 Å². The third-order valence-electron chi connectivity index (χ3n) is 2.38. The lowest BCUT2D eigenvalue weighted by molar-refractivity contribution is 0.568. The zero-order chi connectivity index (χ0) is 12.1. The number of hydrogen-bond donors (Lipinski definition) is 1. The Balaban J connectivity index is 2.75. The van der Waals surface area contributed by atoms with Gasteiger partial charge in [-0.05, 0) is 43.0 Å². The van der Waals surface area contributed by atoms with Crippen LogP contribution in [0.4, 0.5) is 5.69 Å². The molecule has 0 fully saturated rings. The lowest BCUT2D eigenvalue weighted by atomic mass is 10.0. The Morgan fingerprint density at radius 3 is 2.62 bits per heavy atom. The van der Waals surface area contributed by atoms with Crippen LogP contribution in [0.3, 0.4) is 0 Å². The number of hydrogen-bond acceptors (Lipinski definition) is 2. The van der Waals surface area contributed by atoms with Gasteiger partial charge in [-0.1, -0.05) is 29.8 Å². The smallest absolute Gasteiger partial charge is 0.114 e. The molecule has 0 radical (unpaired) electrons. The number of nitriles is 1. The normalized spacial score (nSPS) is 12.2. The van der Waals surface area contributed by atoms with Crippen LogP contribution in [-0.2, 0) is 0 Å². The Kier molecular flexibility index (Phi) is 4.82. The van der Waals surface area contributed by atoms with Crippen LogP contribution in [0.25, 0.3) is 0 Å². The van der Waals surface area contributed by atoms with Gasteiger partial charge in [-0.15, -0.1) is 0 Å². The molecule has 0 saturated carbocycles. The molecule has 0 spiro atoms. The highest BCUT2D eigenvalue weighted by atomic mass is 79.9. The molecule has 1 rings (SSSR count). The van der Waals surface area contributed by atoms with Crippen LogP contribution in [0.5, 0.6) is 0 Å². The van der Waals surface area contributed by atoms with E-state index in [1.807, 2.05) is 25.1 Å². The van der Waals surface area contributed by atoms with Crippen molar-refractivity contribution in [3.8, 4) is 6.07 Å². The molecule has 0 saturated heterocycles. The van der Waals surface area contributed by atoms with Gasteiger partial charge in [0.2, 0.25) is 0 Å². The molecular formula is C13H17BrN2. The summed E-state index contributed by atoms with van der Waals surface area (Å²) in [5.74, 6) is 0.521. The van der Waals surface area contributed by atoms with Crippen LogP contribution in [-0.4, -0.2) is 6.04 Å². The van der Waals surface area contributed by atoms with E-state index in [-0.39, 0.29) is 6.04 Å². The molecule has 0 amide bonds. The Labute approximate surface area is 106 Å². The van der Waals surface area contributed by atoms with Gasteiger partial charge in [0.05, 0.1) is 6.07 Å². The van der Waals surface area contributed by atoms with Gasteiger partial charge in [-0.3, -0.25) is 0 Å². The minimum Gasteiger partial charge on any atom is -0.370 e. The molecule has 0 aliphatic rings. The number of anilines is 1. The lowest BCUT2D eigenvalue weighted by Crippen LogP contribution is -2.19. The summed E-state index contributed by atoms with van der Waals surface area (Å²) in [5.41, 5.74) is 2.19. The van der Waals surface area contributed by atoms with Gasteiger partial charge in [0.1, 0.15) is 6.04 Å². The predicted octanol–water partition coefficient (Wildman–Crippen LogP) is 4.11. The molecule has 1 atom stereocenters. The zero-order valence-corrected chi connectivity index (χ0v) is 11.5. The number of benzene rings is 1. The topological polar surface area (TPSA) is 35.8 Å². The summed E-state index contributed by atoms with van der Waals surface area (Å²) in [6, 6.07) is 8.23. The number of rotatable bonds is 4. The quantitative estimate of drug-likeness (QED) is 0.901. The van der Waals surface area contributed by atoms with Gasteiger partial charge in [-0.25, -0.2) is 0 Å². The summed E-state index contributed by atoms with van der Waals surface area (Å²) in [6.45, 7) is 6.29. The molecule has 86 valence electrons. The molecule has 1 unspecified atom stereocenters. The van der Waals surface area contributed by atoms with Gasteiger partial charge in [0.25, 0.3) is 0 Å². The minimum absolute atomic E-state index is 0.111. The van der Waals surface area contributed by atoms with Crippen LogP contribution in [0.15, 0.2) is 22.7 Å². The summed E-state index contributed by atoms with van der Waals surface area (Å²) in [4.78, 5) is 0. The van der Waals surface area contributed by atoms with E-state index in [9.17, 15) is 0 Å². The fourth-order valence-corrected chi connectivity index (χ4v) is 2.07. The molecule has 16 heavy (non-hydrogen) atoms. The van der Waals surface area contributed by atoms with E-state index in [1.165, 1.54) is 0 Å². The van der Waals surface area contributed by atoms with Crippen molar-refractivity contribution >= 4 is 21.6 Å². The predicted molar refractivity (Wildman–Crippen MR) is 71.4 cm³/mol. The van der Waals surface area contributed by atoms with Gasteiger partial charge in [-0.2, -0.15) is 5.26 Å². The lowest BCUT2D eigenvalue weighted by Gasteiger charge is -2.16. The van der Waals surface area contributed by atoms with Crippen molar-refractivity contribution in [3.63, 3.8) is 0 Å². The molecule has 1 aromatic carbocycles. The minimum atomic E-state index is -0.111. The van der Waals surface area contributed by atoms with Crippen LogP contribution >= 0.6 is 15.9 Å². The van der Waals surface area contributed by atoms with Gasteiger partial charge >= 0.3 is 0 Å². The second kappa shape index (κ2) is 5.91. The van der Waals surface area contributed by atoms with Crippen molar-refractivity contribution in [2.24, 2.45) is 5.92 Å². The highest BCUT2D eigenvalue weighted by Crippen LogP contribution is 2.21. The molecule has 0 aliphatic carbocycles. The largest absolute Gasteiger partial charge is 0.370 e. The molecule has 0 aromatic heterocycles. The summed E-state index contributed by atoms with van der Waals surface area (Å²) in [6.07, 6.45) is 0.867. The maximum absolute atomic E-state index is 9.06. The molecule has 0 bridgehead atoms. The van der Waals surface area contributed by atoms with Crippen LogP contribution in [0.2, 0.25) is 0 Å². The Morgan fingerprint density at radius 1 is 1.44 bits per heavy atom. The summed E-state index contributed by atoms with van der Waals surface area (Å²) in [7, 11) is 0. The molecule has 2 nitrogen and oxygen atoms in total. The molecule has 3 heteroatoms. The van der Waals surface area contributed by atoms with Crippen molar-refractivity contribution in [2.75, 3.05) is 5.32 Å². The Morgan fingerprint density at radius 2 is 2.12 bits per heavy atom. The maximum Gasteiger partial charge on any atom is 0.114 e. The first-order valence-corrected chi connectivity index (χ1v) is 6.24. The number of nitrogens with one attached hydrogen (secondary N) is 1. The summed E-state index contributed by atoms with van der Waals surface area (Å²) < 4.78 is 1.06. The van der Waals surface area contributed by atoms with Gasteiger partial charge < -0.3 is 5.32 Å². The first kappa shape index (κ1) is 13.1. The first-order chi connectivity index (χ1) is 7.52. The molecular weight excluding hydrogens is 264 g/mol. The van der Waals surface area contributed by atoms with Gasteiger partial charge in [0, 0.05) is 10.2 Å². The van der Waals surface area contributed by atoms with Crippen molar-refractivity contribution in [1.82, 2.24) is 0 Å². The molecule has 0 aliphatic heterocycles. The van der Waals surface area contributed by atoms with E-state index in [1.54, 1.807) is 0 Å². The number of halogens is 1. The second-order valence-corrected chi connectivity index (χ2v) is 5.33. The fraction of sp³-hybridized carbons (Fsp3) is 0.462. The average molecular weight is 281 g/mol. The standard InChI is InChI=1S/C13H17BrN2/c1-9(2)6-12(8-15)16-13-5-4-11(14)7-10(13)3/h4-5,7,9,12,16H,6H2,1-3H3. The van der Waals surface area contributed by atoms with E-state index < -0.39 is 0 Å². The average Bonchev–Trinajstić information content (AvgIpc) is 2.20. The highest BCUT2D eigenvalue weighted by Gasteiger charge is 2.10. The van der Waals surface area contributed by atoms with E-state index in [0.717, 1.165) is 22.1 Å². The second-order valence-electron chi connectivity index (χ2n) is 4.41. The van der Waals surface area contributed by atoms with Gasteiger partial charge in [0.15, 0.2) is 0 Å². The van der Waals surface area contributed by atoms with Crippen molar-refractivity contribution < 1.29 is 0 Å². The van der Waals surface area contributed by atoms with Crippen LogP contribution < -0.4 is 5.32 Å². The van der Waals surface area contributed by atoms with Crippen LogP contribution in [0.1, 0.15) is 25.8 Å². The fourth-order valence-electron chi connectivity index (χ4n) is 1.59. The zero-order valence-electron chi connectivity index (χ0n) is 9.92. The first-order valence-electron chi connectivity index (χ1n) is 5.45.